The Balaban J connectivity index is 2.67. The van der Waals surface area contributed by atoms with Crippen LogP contribution in [-0.2, 0) is 6.54 Å². The minimum atomic E-state index is 0.347. The van der Waals surface area contributed by atoms with Crippen molar-refractivity contribution >= 4 is 17.2 Å². The van der Waals surface area contributed by atoms with Crippen LogP contribution in [-0.4, -0.2) is 14.6 Å². The minimum absolute atomic E-state index is 0.347. The molecule has 12 heavy (non-hydrogen) atoms. The second-order valence-electron chi connectivity index (χ2n) is 2.38. The van der Waals surface area contributed by atoms with Crippen molar-refractivity contribution in [1.82, 2.24) is 14.6 Å². The zero-order chi connectivity index (χ0) is 8.55. The maximum atomic E-state index is 5.76. The number of aromatic nitrogens is 3. The summed E-state index contributed by atoms with van der Waals surface area (Å²) in [5, 5.41) is 4.75. The summed E-state index contributed by atoms with van der Waals surface area (Å²) in [5.74, 6) is 0.622. The van der Waals surface area contributed by atoms with Crippen LogP contribution in [0.4, 0.5) is 0 Å². The smallest absolute Gasteiger partial charge is 0.165 e. The topological polar surface area (TPSA) is 56.2 Å². The molecule has 0 aromatic carbocycles. The van der Waals surface area contributed by atoms with Gasteiger partial charge in [-0.15, -0.1) is 5.10 Å². The van der Waals surface area contributed by atoms with E-state index >= 15 is 0 Å². The van der Waals surface area contributed by atoms with Gasteiger partial charge >= 0.3 is 0 Å². The van der Waals surface area contributed by atoms with Gasteiger partial charge in [0.2, 0.25) is 0 Å². The Hall–Kier alpha value is -1.13. The Morgan fingerprint density at radius 1 is 1.58 bits per heavy atom. The van der Waals surface area contributed by atoms with Gasteiger partial charge in [-0.05, 0) is 6.07 Å². The van der Waals surface area contributed by atoms with E-state index in [1.165, 1.54) is 0 Å². The van der Waals surface area contributed by atoms with Gasteiger partial charge in [-0.25, -0.2) is 9.50 Å². The van der Waals surface area contributed by atoms with Crippen LogP contribution in [0, 0.1) is 0 Å². The SMILES string of the molecule is NCc1nc2cc(Cl)ccn2n1. The number of pyridine rings is 1. The highest BCUT2D eigenvalue weighted by atomic mass is 35.5. The normalized spacial score (nSPS) is 10.8. The third-order valence-corrected chi connectivity index (χ3v) is 1.76. The molecule has 2 heterocycles. The number of nitrogens with zero attached hydrogens (tertiary/aromatic N) is 3. The molecule has 0 unspecified atom stereocenters. The number of nitrogens with two attached hydrogens (primary N) is 1. The molecule has 2 aromatic rings. The van der Waals surface area contributed by atoms with Gasteiger partial charge in [-0.2, -0.15) is 0 Å². The first kappa shape index (κ1) is 7.52. The van der Waals surface area contributed by atoms with E-state index in [-0.39, 0.29) is 0 Å². The van der Waals surface area contributed by atoms with Crippen LogP contribution in [0.1, 0.15) is 5.82 Å². The van der Waals surface area contributed by atoms with Gasteiger partial charge in [0.15, 0.2) is 11.5 Å². The molecule has 4 nitrogen and oxygen atoms in total. The van der Waals surface area contributed by atoms with E-state index in [4.69, 9.17) is 17.3 Å². The lowest BCUT2D eigenvalue weighted by molar-refractivity contribution is 0.869. The van der Waals surface area contributed by atoms with Crippen molar-refractivity contribution in [2.45, 2.75) is 6.54 Å². The lowest BCUT2D eigenvalue weighted by Crippen LogP contribution is -1.98. The van der Waals surface area contributed by atoms with Gasteiger partial charge in [-0.1, -0.05) is 11.6 Å². The quantitative estimate of drug-likeness (QED) is 0.711. The molecule has 0 bridgehead atoms. The van der Waals surface area contributed by atoms with Gasteiger partial charge < -0.3 is 5.73 Å². The maximum absolute atomic E-state index is 5.76. The molecule has 0 aliphatic carbocycles. The first-order chi connectivity index (χ1) is 5.79. The predicted octanol–water partition coefficient (Wildman–Crippen LogP) is 0.841. The zero-order valence-corrected chi connectivity index (χ0v) is 6.99. The summed E-state index contributed by atoms with van der Waals surface area (Å²) in [7, 11) is 0. The van der Waals surface area contributed by atoms with E-state index in [1.807, 2.05) is 0 Å². The maximum Gasteiger partial charge on any atom is 0.165 e. The Morgan fingerprint density at radius 3 is 3.17 bits per heavy atom. The summed E-state index contributed by atoms with van der Waals surface area (Å²) in [6.45, 7) is 0.347. The van der Waals surface area contributed by atoms with Gasteiger partial charge in [-0.3, -0.25) is 0 Å². The van der Waals surface area contributed by atoms with Crippen molar-refractivity contribution in [3.8, 4) is 0 Å². The van der Waals surface area contributed by atoms with Crippen LogP contribution in [0.15, 0.2) is 18.3 Å². The standard InChI is InChI=1S/C7H7ClN4/c8-5-1-2-12-7(3-5)10-6(4-9)11-12/h1-3H,4,9H2. The molecule has 0 radical (unpaired) electrons. The van der Waals surface area contributed by atoms with E-state index in [2.05, 4.69) is 10.1 Å². The lowest BCUT2D eigenvalue weighted by atomic mass is 10.5. The van der Waals surface area contributed by atoms with Crippen molar-refractivity contribution in [3.63, 3.8) is 0 Å². The van der Waals surface area contributed by atoms with E-state index in [0.717, 1.165) is 5.65 Å². The van der Waals surface area contributed by atoms with E-state index in [9.17, 15) is 0 Å². The molecule has 0 aliphatic heterocycles. The second-order valence-corrected chi connectivity index (χ2v) is 2.82. The number of fused-ring (bicyclic) bond motifs is 1. The summed E-state index contributed by atoms with van der Waals surface area (Å²) in [6, 6.07) is 3.50. The van der Waals surface area contributed by atoms with E-state index < -0.39 is 0 Å². The molecule has 0 amide bonds. The van der Waals surface area contributed by atoms with Crippen LogP contribution in [0.2, 0.25) is 5.02 Å². The van der Waals surface area contributed by atoms with Crippen LogP contribution in [0.25, 0.3) is 5.65 Å². The van der Waals surface area contributed by atoms with Crippen LogP contribution in [0.5, 0.6) is 0 Å². The predicted molar refractivity (Wildman–Crippen MR) is 45.9 cm³/mol. The summed E-state index contributed by atoms with van der Waals surface area (Å²) in [4.78, 5) is 4.13. The average Bonchev–Trinajstić information content (AvgIpc) is 2.46. The highest BCUT2D eigenvalue weighted by Crippen LogP contribution is 2.10. The molecule has 0 saturated carbocycles. The van der Waals surface area contributed by atoms with Gasteiger partial charge in [0, 0.05) is 17.3 Å². The molecule has 62 valence electrons. The van der Waals surface area contributed by atoms with Crippen molar-refractivity contribution < 1.29 is 0 Å². The van der Waals surface area contributed by atoms with Crippen molar-refractivity contribution in [2.24, 2.45) is 5.73 Å². The van der Waals surface area contributed by atoms with Crippen LogP contribution < -0.4 is 5.73 Å². The van der Waals surface area contributed by atoms with Crippen LogP contribution in [0.3, 0.4) is 0 Å². The van der Waals surface area contributed by atoms with Crippen LogP contribution >= 0.6 is 11.6 Å². The molecule has 0 fully saturated rings. The van der Waals surface area contributed by atoms with Gasteiger partial charge in [0.1, 0.15) is 0 Å². The van der Waals surface area contributed by atoms with Crippen molar-refractivity contribution in [2.75, 3.05) is 0 Å². The fourth-order valence-corrected chi connectivity index (χ4v) is 1.14. The average molecular weight is 183 g/mol. The molecule has 0 saturated heterocycles. The Bertz CT molecular complexity index is 409. The second kappa shape index (κ2) is 2.73. The van der Waals surface area contributed by atoms with E-state index in [1.54, 1.807) is 22.8 Å². The fraction of sp³-hybridized carbons (Fsp3) is 0.143. The highest BCUT2D eigenvalue weighted by molar-refractivity contribution is 6.30. The molecular weight excluding hydrogens is 176 g/mol. The van der Waals surface area contributed by atoms with Gasteiger partial charge in [0.25, 0.3) is 0 Å². The summed E-state index contributed by atoms with van der Waals surface area (Å²) in [5.41, 5.74) is 6.11. The molecular formula is C7H7ClN4. The first-order valence-corrected chi connectivity index (χ1v) is 3.88. The number of hydrogen-bond donors (Lipinski definition) is 1. The summed E-state index contributed by atoms with van der Waals surface area (Å²) >= 11 is 5.76. The Kier molecular flexibility index (Phi) is 1.71. The fourth-order valence-electron chi connectivity index (χ4n) is 0.989. The minimum Gasteiger partial charge on any atom is -0.324 e. The molecule has 0 aliphatic rings. The molecule has 2 N–H and O–H groups in total. The first-order valence-electron chi connectivity index (χ1n) is 3.50. The molecule has 2 aromatic heterocycles. The molecule has 2 rings (SSSR count). The monoisotopic (exact) mass is 182 g/mol. The van der Waals surface area contributed by atoms with Crippen molar-refractivity contribution in [3.05, 3.63) is 29.2 Å². The third-order valence-electron chi connectivity index (χ3n) is 1.53. The Labute approximate surface area is 74.0 Å². The number of halogens is 1. The van der Waals surface area contributed by atoms with Crippen molar-refractivity contribution in [1.29, 1.82) is 0 Å². The zero-order valence-electron chi connectivity index (χ0n) is 6.24. The van der Waals surface area contributed by atoms with E-state index in [0.29, 0.717) is 17.4 Å². The largest absolute Gasteiger partial charge is 0.324 e. The molecule has 0 atom stereocenters. The number of rotatable bonds is 1. The summed E-state index contributed by atoms with van der Waals surface area (Å²) in [6.07, 6.45) is 1.75. The van der Waals surface area contributed by atoms with Gasteiger partial charge in [0.05, 0.1) is 6.54 Å². The molecule has 5 heteroatoms. The summed E-state index contributed by atoms with van der Waals surface area (Å²) < 4.78 is 1.65. The Morgan fingerprint density at radius 2 is 2.42 bits per heavy atom. The number of hydrogen-bond acceptors (Lipinski definition) is 3. The lowest BCUT2D eigenvalue weighted by Gasteiger charge is -1.89. The highest BCUT2D eigenvalue weighted by Gasteiger charge is 2.00. The molecule has 0 spiro atoms. The third kappa shape index (κ3) is 1.15.